The average molecular weight is 487 g/mol. The quantitative estimate of drug-likeness (QED) is 0.338. The van der Waals surface area contributed by atoms with Crippen molar-refractivity contribution in [3.05, 3.63) is 91.9 Å². The van der Waals surface area contributed by atoms with Gasteiger partial charge in [0.1, 0.15) is 29.2 Å². The largest absolute Gasteiger partial charge is 0.466 e. The molecule has 4 N–H and O–H groups in total. The zero-order valence-electron chi connectivity index (χ0n) is 18.1. The number of amides is 1. The van der Waals surface area contributed by atoms with Gasteiger partial charge in [-0.3, -0.25) is 9.59 Å². The molecule has 3 heterocycles. The highest BCUT2D eigenvalue weighted by molar-refractivity contribution is 7.18. The molecule has 0 unspecified atom stereocenters. The fraction of sp³-hybridized carbons (Fsp3) is 0.250. The average Bonchev–Trinajstić information content (AvgIpc) is 3.50. The summed E-state index contributed by atoms with van der Waals surface area (Å²) in [5.41, 5.74) is 0.746. The molecule has 0 fully saturated rings. The first-order valence-electron chi connectivity index (χ1n) is 10.7. The molecule has 1 amide bonds. The lowest BCUT2D eigenvalue weighted by molar-refractivity contribution is -0.677. The number of nitrogens with zero attached hydrogens (tertiary/aromatic N) is 1. The van der Waals surface area contributed by atoms with Gasteiger partial charge in [0.2, 0.25) is 5.43 Å². The molecule has 0 aliphatic carbocycles. The van der Waals surface area contributed by atoms with Crippen LogP contribution in [0.4, 0.5) is 0 Å². The number of aryl methyl sites for hydroxylation is 1. The van der Waals surface area contributed by atoms with E-state index >= 15 is 0 Å². The summed E-state index contributed by atoms with van der Waals surface area (Å²) in [6, 6.07) is 12.5. The zero-order valence-corrected chi connectivity index (χ0v) is 19.7. The van der Waals surface area contributed by atoms with Gasteiger partial charge in [-0.2, -0.15) is 0 Å². The molecule has 0 saturated carbocycles. The van der Waals surface area contributed by atoms with E-state index in [1.807, 2.05) is 35.0 Å². The first-order chi connectivity index (χ1) is 16.0. The maximum absolute atomic E-state index is 13.1. The Bertz CT molecular complexity index is 1300. The molecule has 0 aliphatic heterocycles. The van der Waals surface area contributed by atoms with E-state index in [4.69, 9.17) is 16.0 Å². The van der Waals surface area contributed by atoms with Crippen LogP contribution in [-0.4, -0.2) is 22.1 Å². The molecule has 0 aliphatic rings. The summed E-state index contributed by atoms with van der Waals surface area (Å²) in [6.45, 7) is 3.97. The number of hydrogen-bond donors (Lipinski definition) is 3. The number of aliphatic hydroxyl groups is 1. The van der Waals surface area contributed by atoms with Gasteiger partial charge in [0, 0.05) is 24.3 Å². The number of furan rings is 1. The molecule has 33 heavy (non-hydrogen) atoms. The van der Waals surface area contributed by atoms with Crippen LogP contribution in [0.5, 0.6) is 0 Å². The van der Waals surface area contributed by atoms with Crippen LogP contribution < -0.4 is 16.1 Å². The van der Waals surface area contributed by atoms with Gasteiger partial charge in [-0.15, -0.1) is 11.3 Å². The first kappa shape index (κ1) is 23.3. The number of nitrogens with two attached hydrogens (primary N) is 1. The number of fused-ring (bicyclic) bond motifs is 1. The Morgan fingerprint density at radius 2 is 2.09 bits per heavy atom. The molecule has 9 heteroatoms. The topological polar surface area (TPSA) is 101 Å². The van der Waals surface area contributed by atoms with E-state index in [9.17, 15) is 14.7 Å². The molecule has 7 nitrogen and oxygen atoms in total. The van der Waals surface area contributed by atoms with Crippen molar-refractivity contribution in [3.8, 4) is 0 Å². The van der Waals surface area contributed by atoms with Gasteiger partial charge in [0.05, 0.1) is 16.5 Å². The fourth-order valence-electron chi connectivity index (χ4n) is 3.58. The number of hydrogen-bond acceptors (Lipinski definition) is 5. The van der Waals surface area contributed by atoms with Crippen LogP contribution in [0.25, 0.3) is 10.2 Å². The Hall–Kier alpha value is -2.91. The van der Waals surface area contributed by atoms with E-state index in [1.165, 1.54) is 17.6 Å². The number of carbonyl (C=O) groups is 1. The van der Waals surface area contributed by atoms with Crippen molar-refractivity contribution in [1.82, 2.24) is 9.88 Å². The number of quaternary nitrogens is 1. The maximum Gasteiger partial charge on any atom is 0.257 e. The minimum atomic E-state index is -0.694. The molecular formula is C24H25ClN3O4S+. The van der Waals surface area contributed by atoms with Crippen molar-refractivity contribution >= 4 is 39.1 Å². The molecule has 3 aromatic heterocycles. The van der Waals surface area contributed by atoms with E-state index in [-0.39, 0.29) is 11.0 Å². The van der Waals surface area contributed by atoms with Crippen molar-refractivity contribution in [3.63, 3.8) is 0 Å². The summed E-state index contributed by atoms with van der Waals surface area (Å²) in [5.74, 6) is 0.127. The van der Waals surface area contributed by atoms with Crippen LogP contribution in [0.1, 0.15) is 39.6 Å². The number of thiophene rings is 1. The van der Waals surface area contributed by atoms with Crippen molar-refractivity contribution in [1.29, 1.82) is 0 Å². The summed E-state index contributed by atoms with van der Waals surface area (Å²) in [6.07, 6.45) is 2.47. The van der Waals surface area contributed by atoms with Crippen LogP contribution in [0.15, 0.2) is 64.1 Å². The van der Waals surface area contributed by atoms with E-state index in [2.05, 4.69) is 5.32 Å². The lowest BCUT2D eigenvalue weighted by Crippen LogP contribution is -2.83. The predicted molar refractivity (Wildman–Crippen MR) is 129 cm³/mol. The minimum absolute atomic E-state index is 0.125. The SMILES string of the molecule is CCn1cc(C(=O)NCc2ccc(Cl)cc2)c(=O)c2cc(C[NH2+]C[C@@H](O)c3ccco3)sc21. The van der Waals surface area contributed by atoms with Crippen LogP contribution in [-0.2, 0) is 19.6 Å². The number of rotatable bonds is 9. The summed E-state index contributed by atoms with van der Waals surface area (Å²) >= 11 is 7.43. The molecule has 172 valence electrons. The van der Waals surface area contributed by atoms with Crippen molar-refractivity contribution in [2.75, 3.05) is 6.54 Å². The zero-order chi connectivity index (χ0) is 23.4. The van der Waals surface area contributed by atoms with Crippen LogP contribution in [0.2, 0.25) is 5.02 Å². The van der Waals surface area contributed by atoms with Gasteiger partial charge in [-0.1, -0.05) is 23.7 Å². The smallest absolute Gasteiger partial charge is 0.257 e. The van der Waals surface area contributed by atoms with E-state index in [0.717, 1.165) is 15.3 Å². The molecule has 0 spiro atoms. The van der Waals surface area contributed by atoms with Crippen LogP contribution in [0, 0.1) is 0 Å². The van der Waals surface area contributed by atoms with Crippen molar-refractivity contribution < 1.29 is 19.6 Å². The third-order valence-corrected chi connectivity index (χ3v) is 6.80. The number of aromatic nitrogens is 1. The van der Waals surface area contributed by atoms with Gasteiger partial charge < -0.3 is 24.7 Å². The summed E-state index contributed by atoms with van der Waals surface area (Å²) in [5, 5.41) is 16.1. The third-order valence-electron chi connectivity index (χ3n) is 5.36. The second kappa shape index (κ2) is 10.4. The number of benzene rings is 1. The molecule has 0 saturated heterocycles. The normalized spacial score (nSPS) is 12.2. The third kappa shape index (κ3) is 5.36. The number of pyridine rings is 1. The van der Waals surface area contributed by atoms with E-state index in [1.54, 1.807) is 30.5 Å². The molecule has 1 atom stereocenters. The molecular weight excluding hydrogens is 462 g/mol. The minimum Gasteiger partial charge on any atom is -0.466 e. The Morgan fingerprint density at radius 1 is 1.30 bits per heavy atom. The van der Waals surface area contributed by atoms with Gasteiger partial charge >= 0.3 is 0 Å². The predicted octanol–water partition coefficient (Wildman–Crippen LogP) is 3.06. The van der Waals surface area contributed by atoms with Crippen molar-refractivity contribution in [2.45, 2.75) is 32.7 Å². The number of nitrogens with one attached hydrogen (secondary N) is 1. The van der Waals surface area contributed by atoms with Gasteiger partial charge in [0.15, 0.2) is 6.10 Å². The number of aliphatic hydroxyl groups excluding tert-OH is 1. The van der Waals surface area contributed by atoms with Gasteiger partial charge in [0.25, 0.3) is 5.91 Å². The monoisotopic (exact) mass is 486 g/mol. The summed E-state index contributed by atoms with van der Waals surface area (Å²) in [7, 11) is 0. The number of carbonyl (C=O) groups excluding carboxylic acids is 1. The second-order valence-corrected chi connectivity index (χ2v) is 9.21. The first-order valence-corrected chi connectivity index (χ1v) is 11.9. The Kier molecular flexibility index (Phi) is 7.29. The summed E-state index contributed by atoms with van der Waals surface area (Å²) < 4.78 is 7.16. The highest BCUT2D eigenvalue weighted by Crippen LogP contribution is 2.24. The molecule has 0 bridgehead atoms. The maximum atomic E-state index is 13.1. The highest BCUT2D eigenvalue weighted by Gasteiger charge is 2.18. The highest BCUT2D eigenvalue weighted by atomic mass is 35.5. The molecule has 4 rings (SSSR count). The van der Waals surface area contributed by atoms with Crippen molar-refractivity contribution in [2.24, 2.45) is 0 Å². The van der Waals surface area contributed by atoms with E-state index < -0.39 is 12.0 Å². The second-order valence-electron chi connectivity index (χ2n) is 7.66. The molecule has 0 radical (unpaired) electrons. The van der Waals surface area contributed by atoms with Gasteiger partial charge in [-0.25, -0.2) is 0 Å². The Morgan fingerprint density at radius 3 is 2.79 bits per heavy atom. The molecule has 4 aromatic rings. The lowest BCUT2D eigenvalue weighted by atomic mass is 10.2. The van der Waals surface area contributed by atoms with Crippen LogP contribution in [0.3, 0.4) is 0 Å². The molecule has 1 aromatic carbocycles. The summed E-state index contributed by atoms with van der Waals surface area (Å²) in [4.78, 5) is 27.7. The Balaban J connectivity index is 1.49. The van der Waals surface area contributed by atoms with Gasteiger partial charge in [-0.05, 0) is 42.8 Å². The number of halogens is 1. The lowest BCUT2D eigenvalue weighted by Gasteiger charge is -2.09. The van der Waals surface area contributed by atoms with Crippen LogP contribution >= 0.6 is 22.9 Å². The van der Waals surface area contributed by atoms with E-state index in [0.29, 0.717) is 42.3 Å². The Labute approximate surface area is 199 Å². The fourth-order valence-corrected chi connectivity index (χ4v) is 4.90. The standard InChI is InChI=1S/C24H24ClN3O4S/c1-2-28-14-19(23(31)27-11-15-5-7-16(25)8-6-15)22(30)18-10-17(33-24(18)28)12-26-13-20(29)21-4-3-9-32-21/h3-10,14,20,26,29H,2,11-13H2,1H3,(H,27,31)/p+1/t20-/m1/s1.